The van der Waals surface area contributed by atoms with Crippen LogP contribution in [0.1, 0.15) is 36.0 Å². The van der Waals surface area contributed by atoms with Crippen LogP contribution in [0.3, 0.4) is 0 Å². The van der Waals surface area contributed by atoms with Crippen molar-refractivity contribution < 1.29 is 0 Å². The van der Waals surface area contributed by atoms with E-state index < -0.39 is 0 Å². The van der Waals surface area contributed by atoms with E-state index in [0.29, 0.717) is 17.8 Å². The number of allylic oxidation sites excluding steroid dienone is 1. The molecule has 1 heteroatoms. The molecule has 0 bridgehead atoms. The fourth-order valence-corrected chi connectivity index (χ4v) is 3.35. The van der Waals surface area contributed by atoms with Gasteiger partial charge in [0.1, 0.15) is 0 Å². The van der Waals surface area contributed by atoms with Crippen molar-refractivity contribution in [3.8, 4) is 0 Å². The molecule has 0 saturated carbocycles. The van der Waals surface area contributed by atoms with E-state index in [1.54, 1.807) is 11.1 Å². The van der Waals surface area contributed by atoms with Gasteiger partial charge in [-0.2, -0.15) is 0 Å². The van der Waals surface area contributed by atoms with E-state index in [4.69, 9.17) is 0 Å². The Morgan fingerprint density at radius 3 is 3.06 bits per heavy atom. The van der Waals surface area contributed by atoms with Crippen LogP contribution in [0.25, 0.3) is 0 Å². The van der Waals surface area contributed by atoms with Crippen molar-refractivity contribution >= 4 is 6.21 Å². The molecule has 0 aromatic heterocycles. The topological polar surface area (TPSA) is 12.4 Å². The molecule has 1 aromatic rings. The Kier molecular flexibility index (Phi) is 2.62. The second-order valence-corrected chi connectivity index (χ2v) is 5.35. The number of hydrogen-bond donors (Lipinski definition) is 0. The van der Waals surface area contributed by atoms with Crippen LogP contribution in [0, 0.1) is 18.8 Å². The largest absolute Gasteiger partial charge is 0.269 e. The SMILES string of the molecule is Cc1cccc2c1CCC1C=CN=CC1C2C. The van der Waals surface area contributed by atoms with Crippen molar-refractivity contribution in [1.29, 1.82) is 0 Å². The standard InChI is InChI=1S/C16H19N/c1-11-4-3-5-15-12(2)16-10-17-9-8-13(16)6-7-14(11)15/h3-5,8-10,12-13,16H,6-7H2,1-2H3. The molecule has 3 atom stereocenters. The Labute approximate surface area is 103 Å². The number of benzene rings is 1. The quantitative estimate of drug-likeness (QED) is 0.635. The minimum Gasteiger partial charge on any atom is -0.269 e. The minimum absolute atomic E-state index is 0.586. The Balaban J connectivity index is 2.07. The van der Waals surface area contributed by atoms with Crippen LogP contribution in [-0.2, 0) is 6.42 Å². The van der Waals surface area contributed by atoms with E-state index in [-0.39, 0.29) is 0 Å². The number of hydrogen-bond acceptors (Lipinski definition) is 1. The molecule has 0 amide bonds. The van der Waals surface area contributed by atoms with Gasteiger partial charge in [0.2, 0.25) is 0 Å². The molecule has 88 valence electrons. The third kappa shape index (κ3) is 1.74. The van der Waals surface area contributed by atoms with Crippen molar-refractivity contribution in [3.05, 3.63) is 47.2 Å². The Bertz CT molecular complexity index is 484. The Morgan fingerprint density at radius 2 is 2.18 bits per heavy atom. The predicted octanol–water partition coefficient (Wildman–Crippen LogP) is 3.88. The highest BCUT2D eigenvalue weighted by molar-refractivity contribution is 5.66. The van der Waals surface area contributed by atoms with Gasteiger partial charge in [0.25, 0.3) is 0 Å². The summed E-state index contributed by atoms with van der Waals surface area (Å²) in [7, 11) is 0. The molecule has 3 unspecified atom stereocenters. The lowest BCUT2D eigenvalue weighted by Gasteiger charge is -2.26. The molecule has 1 aromatic carbocycles. The van der Waals surface area contributed by atoms with E-state index in [2.05, 4.69) is 49.3 Å². The van der Waals surface area contributed by atoms with Crippen molar-refractivity contribution in [3.63, 3.8) is 0 Å². The summed E-state index contributed by atoms with van der Waals surface area (Å²) in [5.74, 6) is 1.85. The first-order valence-corrected chi connectivity index (χ1v) is 6.55. The number of fused-ring (bicyclic) bond motifs is 2. The first-order valence-electron chi connectivity index (χ1n) is 6.55. The van der Waals surface area contributed by atoms with Gasteiger partial charge in [0.15, 0.2) is 0 Å². The zero-order chi connectivity index (χ0) is 11.8. The fourth-order valence-electron chi connectivity index (χ4n) is 3.35. The summed E-state index contributed by atoms with van der Waals surface area (Å²) in [4.78, 5) is 4.34. The molecule has 3 rings (SSSR count). The molecule has 17 heavy (non-hydrogen) atoms. The fraction of sp³-hybridized carbons (Fsp3) is 0.438. The van der Waals surface area contributed by atoms with Crippen LogP contribution in [0.4, 0.5) is 0 Å². The van der Waals surface area contributed by atoms with Gasteiger partial charge in [-0.1, -0.05) is 31.2 Å². The van der Waals surface area contributed by atoms with Crippen LogP contribution < -0.4 is 0 Å². The highest BCUT2D eigenvalue weighted by Gasteiger charge is 2.30. The van der Waals surface area contributed by atoms with Gasteiger partial charge in [0, 0.05) is 18.3 Å². The average molecular weight is 225 g/mol. The van der Waals surface area contributed by atoms with Gasteiger partial charge in [-0.25, -0.2) is 0 Å². The molecule has 1 aliphatic carbocycles. The maximum Gasteiger partial charge on any atom is 0.0227 e. The smallest absolute Gasteiger partial charge is 0.0227 e. The van der Waals surface area contributed by atoms with Gasteiger partial charge < -0.3 is 0 Å². The number of aryl methyl sites for hydroxylation is 1. The lowest BCUT2D eigenvalue weighted by molar-refractivity contribution is 0.436. The van der Waals surface area contributed by atoms with E-state index in [9.17, 15) is 0 Å². The third-order valence-corrected chi connectivity index (χ3v) is 4.41. The number of nitrogens with zero attached hydrogens (tertiary/aromatic N) is 1. The second-order valence-electron chi connectivity index (χ2n) is 5.35. The minimum atomic E-state index is 0.586. The molecule has 0 fully saturated rings. The van der Waals surface area contributed by atoms with Gasteiger partial charge in [-0.3, -0.25) is 4.99 Å². The van der Waals surface area contributed by atoms with Gasteiger partial charge in [-0.15, -0.1) is 0 Å². The molecule has 2 aliphatic rings. The first-order chi connectivity index (χ1) is 8.27. The predicted molar refractivity (Wildman–Crippen MR) is 72.5 cm³/mol. The molecular formula is C16H19N. The molecule has 0 saturated heterocycles. The Hall–Kier alpha value is -1.37. The maximum absolute atomic E-state index is 4.34. The van der Waals surface area contributed by atoms with Crippen LogP contribution in [0.2, 0.25) is 0 Å². The molecule has 0 radical (unpaired) electrons. The van der Waals surface area contributed by atoms with E-state index in [1.165, 1.54) is 18.4 Å². The van der Waals surface area contributed by atoms with Gasteiger partial charge in [-0.05, 0) is 48.3 Å². The monoisotopic (exact) mass is 225 g/mol. The zero-order valence-corrected chi connectivity index (χ0v) is 10.6. The van der Waals surface area contributed by atoms with Crippen LogP contribution >= 0.6 is 0 Å². The summed E-state index contributed by atoms with van der Waals surface area (Å²) in [6, 6.07) is 6.74. The van der Waals surface area contributed by atoms with Crippen molar-refractivity contribution in [1.82, 2.24) is 0 Å². The molecule has 1 nitrogen and oxygen atoms in total. The third-order valence-electron chi connectivity index (χ3n) is 4.41. The number of aliphatic imine (C=N–C) groups is 1. The molecule has 1 aliphatic heterocycles. The lowest BCUT2D eigenvalue weighted by atomic mass is 9.79. The molecule has 0 spiro atoms. The van der Waals surface area contributed by atoms with Crippen molar-refractivity contribution in [2.75, 3.05) is 0 Å². The maximum atomic E-state index is 4.34. The summed E-state index contributed by atoms with van der Waals surface area (Å²) in [6.07, 6.45) is 8.90. The summed E-state index contributed by atoms with van der Waals surface area (Å²) in [5, 5.41) is 0. The van der Waals surface area contributed by atoms with Crippen LogP contribution in [0.15, 0.2) is 35.5 Å². The van der Waals surface area contributed by atoms with Crippen molar-refractivity contribution in [2.24, 2.45) is 16.8 Å². The number of rotatable bonds is 0. The summed E-state index contributed by atoms with van der Waals surface area (Å²) in [5.41, 5.74) is 4.57. The first kappa shape index (κ1) is 10.8. The van der Waals surface area contributed by atoms with E-state index in [1.807, 2.05) is 6.20 Å². The van der Waals surface area contributed by atoms with Crippen LogP contribution in [0.5, 0.6) is 0 Å². The van der Waals surface area contributed by atoms with Crippen molar-refractivity contribution in [2.45, 2.75) is 32.6 Å². The Morgan fingerprint density at radius 1 is 1.29 bits per heavy atom. The molecular weight excluding hydrogens is 206 g/mol. The summed E-state index contributed by atoms with van der Waals surface area (Å²) < 4.78 is 0. The van der Waals surface area contributed by atoms with E-state index in [0.717, 1.165) is 0 Å². The highest BCUT2D eigenvalue weighted by atomic mass is 14.7. The average Bonchev–Trinajstić information content (AvgIpc) is 2.50. The highest BCUT2D eigenvalue weighted by Crippen LogP contribution is 2.39. The van der Waals surface area contributed by atoms with E-state index >= 15 is 0 Å². The summed E-state index contributed by atoms with van der Waals surface area (Å²) >= 11 is 0. The normalized spacial score (nSPS) is 30.6. The van der Waals surface area contributed by atoms with Gasteiger partial charge >= 0.3 is 0 Å². The molecule has 0 N–H and O–H groups in total. The van der Waals surface area contributed by atoms with Crippen LogP contribution in [-0.4, -0.2) is 6.21 Å². The molecule has 1 heterocycles. The second kappa shape index (κ2) is 4.14. The van der Waals surface area contributed by atoms with Gasteiger partial charge in [0.05, 0.1) is 0 Å². The lowest BCUT2D eigenvalue weighted by Crippen LogP contribution is -2.21. The summed E-state index contributed by atoms with van der Waals surface area (Å²) in [6.45, 7) is 4.59. The zero-order valence-electron chi connectivity index (χ0n) is 10.6.